The molecule has 6 nitrogen and oxygen atoms in total. The molecule has 7 heteroatoms. The molecule has 0 aliphatic carbocycles. The fourth-order valence-corrected chi connectivity index (χ4v) is 2.62. The van der Waals surface area contributed by atoms with E-state index in [0.29, 0.717) is 11.6 Å². The third-order valence-electron chi connectivity index (χ3n) is 2.68. The number of nitrogens with zero attached hydrogens (tertiary/aromatic N) is 2. The second-order valence-corrected chi connectivity index (χ2v) is 5.63. The Kier molecular flexibility index (Phi) is 4.59. The minimum absolute atomic E-state index is 0.0705. The maximum absolute atomic E-state index is 11.7. The number of esters is 2. The molecule has 1 aliphatic heterocycles. The minimum Gasteiger partial charge on any atom is -0.460 e. The first kappa shape index (κ1) is 14.8. The summed E-state index contributed by atoms with van der Waals surface area (Å²) in [6.07, 6.45) is -0.566. The number of carbonyl (C=O) groups is 2. The standard InChI is InChI=1S/C13H16N2O4S/c1-7-4-8(2)15-13(14-7)20-6-11(16)19-10-5-9(3)18-12(10)17/h4,9-10H,5-6H2,1-3H3. The second kappa shape index (κ2) is 6.21. The van der Waals surface area contributed by atoms with Crippen molar-refractivity contribution in [2.24, 2.45) is 0 Å². The Morgan fingerprint density at radius 3 is 2.65 bits per heavy atom. The van der Waals surface area contributed by atoms with Gasteiger partial charge in [-0.3, -0.25) is 4.79 Å². The fourth-order valence-electron chi connectivity index (χ4n) is 1.89. The molecule has 1 aliphatic rings. The molecule has 0 saturated carbocycles. The van der Waals surface area contributed by atoms with Crippen molar-refractivity contribution in [2.45, 2.75) is 44.6 Å². The molecule has 1 saturated heterocycles. The molecule has 2 unspecified atom stereocenters. The summed E-state index contributed by atoms with van der Waals surface area (Å²) in [4.78, 5) is 31.5. The van der Waals surface area contributed by atoms with Crippen LogP contribution in [0, 0.1) is 13.8 Å². The van der Waals surface area contributed by atoms with E-state index in [-0.39, 0.29) is 11.9 Å². The van der Waals surface area contributed by atoms with Crippen LogP contribution in [0.4, 0.5) is 0 Å². The molecule has 1 aromatic heterocycles. The van der Waals surface area contributed by atoms with E-state index in [4.69, 9.17) is 9.47 Å². The fraction of sp³-hybridized carbons (Fsp3) is 0.538. The van der Waals surface area contributed by atoms with Crippen molar-refractivity contribution in [3.8, 4) is 0 Å². The zero-order valence-corrected chi connectivity index (χ0v) is 12.4. The molecular weight excluding hydrogens is 280 g/mol. The number of ether oxygens (including phenoxy) is 2. The van der Waals surface area contributed by atoms with Gasteiger partial charge < -0.3 is 9.47 Å². The van der Waals surface area contributed by atoms with Crippen LogP contribution in [0.25, 0.3) is 0 Å². The Balaban J connectivity index is 1.84. The zero-order valence-electron chi connectivity index (χ0n) is 11.6. The quantitative estimate of drug-likeness (QED) is 0.472. The number of aryl methyl sites for hydroxylation is 2. The van der Waals surface area contributed by atoms with E-state index in [9.17, 15) is 9.59 Å². The lowest BCUT2D eigenvalue weighted by molar-refractivity contribution is -0.159. The Morgan fingerprint density at radius 1 is 1.45 bits per heavy atom. The van der Waals surface area contributed by atoms with Crippen molar-refractivity contribution in [1.82, 2.24) is 9.97 Å². The number of carbonyl (C=O) groups excluding carboxylic acids is 2. The number of cyclic esters (lactones) is 1. The Bertz CT molecular complexity index is 515. The maximum atomic E-state index is 11.7. The molecule has 0 N–H and O–H groups in total. The van der Waals surface area contributed by atoms with Gasteiger partial charge in [0.2, 0.25) is 6.10 Å². The highest BCUT2D eigenvalue weighted by Crippen LogP contribution is 2.19. The number of thioether (sulfide) groups is 1. The van der Waals surface area contributed by atoms with E-state index < -0.39 is 18.0 Å². The molecule has 0 spiro atoms. The third-order valence-corrected chi connectivity index (χ3v) is 3.50. The Morgan fingerprint density at radius 2 is 2.10 bits per heavy atom. The monoisotopic (exact) mass is 296 g/mol. The molecule has 0 radical (unpaired) electrons. The highest BCUT2D eigenvalue weighted by Gasteiger charge is 2.34. The van der Waals surface area contributed by atoms with Crippen molar-refractivity contribution in [1.29, 1.82) is 0 Å². The summed E-state index contributed by atoms with van der Waals surface area (Å²) in [6.45, 7) is 5.50. The maximum Gasteiger partial charge on any atom is 0.347 e. The predicted octanol–water partition coefficient (Wildman–Crippen LogP) is 1.43. The molecule has 2 rings (SSSR count). The van der Waals surface area contributed by atoms with Gasteiger partial charge in [0.1, 0.15) is 6.10 Å². The van der Waals surface area contributed by atoms with E-state index in [0.717, 1.165) is 11.4 Å². The molecule has 20 heavy (non-hydrogen) atoms. The first-order valence-corrected chi connectivity index (χ1v) is 7.27. The Labute approximate surface area is 121 Å². The van der Waals surface area contributed by atoms with Crippen LogP contribution in [0.3, 0.4) is 0 Å². The molecule has 2 heterocycles. The zero-order chi connectivity index (χ0) is 14.7. The van der Waals surface area contributed by atoms with E-state index in [2.05, 4.69) is 9.97 Å². The van der Waals surface area contributed by atoms with Crippen LogP contribution in [0.5, 0.6) is 0 Å². The molecule has 1 aromatic rings. The van der Waals surface area contributed by atoms with Crippen molar-refractivity contribution in [2.75, 3.05) is 5.75 Å². The summed E-state index contributed by atoms with van der Waals surface area (Å²) in [7, 11) is 0. The SMILES string of the molecule is Cc1cc(C)nc(SCC(=O)OC2CC(C)OC2=O)n1. The van der Waals surface area contributed by atoms with E-state index >= 15 is 0 Å². The Hall–Kier alpha value is -1.63. The normalized spacial score (nSPS) is 21.6. The molecule has 108 valence electrons. The van der Waals surface area contributed by atoms with Crippen LogP contribution in [-0.4, -0.2) is 39.9 Å². The van der Waals surface area contributed by atoms with Crippen LogP contribution in [-0.2, 0) is 19.1 Å². The van der Waals surface area contributed by atoms with Crippen molar-refractivity contribution in [3.05, 3.63) is 17.5 Å². The van der Waals surface area contributed by atoms with Gasteiger partial charge in [0.15, 0.2) is 5.16 Å². The average molecular weight is 296 g/mol. The summed E-state index contributed by atoms with van der Waals surface area (Å²) >= 11 is 1.19. The summed E-state index contributed by atoms with van der Waals surface area (Å²) in [5.41, 5.74) is 1.70. The number of hydrogen-bond acceptors (Lipinski definition) is 7. The van der Waals surface area contributed by atoms with E-state index in [1.54, 1.807) is 6.92 Å². The predicted molar refractivity (Wildman–Crippen MR) is 72.3 cm³/mol. The summed E-state index contributed by atoms with van der Waals surface area (Å²) in [5.74, 6) is -0.867. The summed E-state index contributed by atoms with van der Waals surface area (Å²) in [6, 6.07) is 1.86. The lowest BCUT2D eigenvalue weighted by Gasteiger charge is -2.08. The summed E-state index contributed by atoms with van der Waals surface area (Å²) in [5, 5.41) is 0.529. The van der Waals surface area contributed by atoms with Gasteiger partial charge in [0.25, 0.3) is 0 Å². The molecule has 2 atom stereocenters. The average Bonchev–Trinajstić information content (AvgIpc) is 2.64. The van der Waals surface area contributed by atoms with Gasteiger partial charge in [-0.1, -0.05) is 11.8 Å². The number of rotatable bonds is 4. The van der Waals surface area contributed by atoms with Crippen molar-refractivity contribution < 1.29 is 19.1 Å². The summed E-state index contributed by atoms with van der Waals surface area (Å²) < 4.78 is 10.0. The van der Waals surface area contributed by atoms with Gasteiger partial charge in [0, 0.05) is 17.8 Å². The molecule has 1 fully saturated rings. The first-order valence-electron chi connectivity index (χ1n) is 6.29. The minimum atomic E-state index is -0.779. The topological polar surface area (TPSA) is 78.4 Å². The lowest BCUT2D eigenvalue weighted by atomic mass is 10.2. The van der Waals surface area contributed by atoms with Crippen LogP contribution >= 0.6 is 11.8 Å². The lowest BCUT2D eigenvalue weighted by Crippen LogP contribution is -2.23. The van der Waals surface area contributed by atoms with Crippen molar-refractivity contribution >= 4 is 23.7 Å². The first-order chi connectivity index (χ1) is 9.44. The second-order valence-electron chi connectivity index (χ2n) is 4.68. The van der Waals surface area contributed by atoms with Crippen molar-refractivity contribution in [3.63, 3.8) is 0 Å². The molecule has 0 bridgehead atoms. The molecule has 0 amide bonds. The number of aromatic nitrogens is 2. The van der Waals surface area contributed by atoms with Crippen LogP contribution in [0.1, 0.15) is 24.7 Å². The molecule has 0 aromatic carbocycles. The van der Waals surface area contributed by atoms with Gasteiger partial charge >= 0.3 is 11.9 Å². The van der Waals surface area contributed by atoms with Gasteiger partial charge in [-0.2, -0.15) is 0 Å². The van der Waals surface area contributed by atoms with Gasteiger partial charge in [-0.25, -0.2) is 14.8 Å². The smallest absolute Gasteiger partial charge is 0.347 e. The van der Waals surface area contributed by atoms with Crippen LogP contribution < -0.4 is 0 Å². The highest BCUT2D eigenvalue weighted by atomic mass is 32.2. The van der Waals surface area contributed by atoms with E-state index in [1.807, 2.05) is 19.9 Å². The molecular formula is C13H16N2O4S. The third kappa shape index (κ3) is 3.93. The largest absolute Gasteiger partial charge is 0.460 e. The van der Waals surface area contributed by atoms with Gasteiger partial charge in [-0.05, 0) is 26.8 Å². The van der Waals surface area contributed by atoms with E-state index in [1.165, 1.54) is 11.8 Å². The van der Waals surface area contributed by atoms with Crippen LogP contribution in [0.2, 0.25) is 0 Å². The van der Waals surface area contributed by atoms with Gasteiger partial charge in [-0.15, -0.1) is 0 Å². The van der Waals surface area contributed by atoms with Crippen LogP contribution in [0.15, 0.2) is 11.2 Å². The highest BCUT2D eigenvalue weighted by molar-refractivity contribution is 7.99. The van der Waals surface area contributed by atoms with Gasteiger partial charge in [0.05, 0.1) is 5.75 Å². The number of hydrogen-bond donors (Lipinski definition) is 0.